The second kappa shape index (κ2) is 6.75. The van der Waals surface area contributed by atoms with Crippen LogP contribution in [0.1, 0.15) is 31.4 Å². The first-order valence-corrected chi connectivity index (χ1v) is 7.38. The number of hydrazine groups is 1. The van der Waals surface area contributed by atoms with Gasteiger partial charge in [0.1, 0.15) is 0 Å². The number of nitrogens with zero attached hydrogens (tertiary/aromatic N) is 2. The van der Waals surface area contributed by atoms with Gasteiger partial charge in [-0.25, -0.2) is 15.2 Å². The first-order chi connectivity index (χ1) is 10.4. The molecule has 0 aliphatic heterocycles. The van der Waals surface area contributed by atoms with Crippen LogP contribution in [0.15, 0.2) is 46.4 Å². The third-order valence-electron chi connectivity index (χ3n) is 3.86. The van der Waals surface area contributed by atoms with Crippen LogP contribution < -0.4 is 11.6 Å². The molecule has 1 aliphatic carbocycles. The number of aliphatic imine (C=N–C) groups is 1. The minimum absolute atomic E-state index is 0.0981. The van der Waals surface area contributed by atoms with Crippen molar-refractivity contribution in [1.82, 2.24) is 5.01 Å². The van der Waals surface area contributed by atoms with Crippen molar-refractivity contribution >= 4 is 11.5 Å². The van der Waals surface area contributed by atoms with Gasteiger partial charge in [0, 0.05) is 12.7 Å². The van der Waals surface area contributed by atoms with Gasteiger partial charge >= 0.3 is 0 Å². The van der Waals surface area contributed by atoms with Gasteiger partial charge in [-0.05, 0) is 62.0 Å². The number of rotatable bonds is 3. The molecule has 4 nitrogen and oxygen atoms in total. The lowest BCUT2D eigenvalue weighted by molar-refractivity contribution is 0.516. The summed E-state index contributed by atoms with van der Waals surface area (Å²) in [4.78, 5) is 4.45. The van der Waals surface area contributed by atoms with Gasteiger partial charge in [0.2, 0.25) is 0 Å². The number of amidine groups is 1. The Labute approximate surface area is 131 Å². The van der Waals surface area contributed by atoms with Crippen LogP contribution >= 0.6 is 0 Å². The van der Waals surface area contributed by atoms with Gasteiger partial charge in [0.05, 0.1) is 5.69 Å². The largest absolute Gasteiger partial charge is 0.402 e. The van der Waals surface area contributed by atoms with Crippen molar-refractivity contribution in [2.45, 2.75) is 33.1 Å². The van der Waals surface area contributed by atoms with E-state index in [2.05, 4.69) is 11.1 Å². The fraction of sp³-hybridized carbons (Fsp3) is 0.353. The van der Waals surface area contributed by atoms with E-state index in [1.54, 1.807) is 20.9 Å². The van der Waals surface area contributed by atoms with E-state index < -0.39 is 5.83 Å². The third kappa shape index (κ3) is 3.54. The zero-order chi connectivity index (χ0) is 16.3. The molecule has 2 rings (SSSR count). The highest BCUT2D eigenvalue weighted by atomic mass is 19.1. The van der Waals surface area contributed by atoms with E-state index >= 15 is 0 Å². The van der Waals surface area contributed by atoms with E-state index in [0.29, 0.717) is 11.3 Å². The molecule has 0 heterocycles. The number of hydrogen-bond donors (Lipinski definition) is 2. The molecule has 0 radical (unpaired) electrons. The van der Waals surface area contributed by atoms with E-state index in [9.17, 15) is 4.39 Å². The molecule has 4 N–H and O–H groups in total. The first kappa shape index (κ1) is 16.2. The second-order valence-corrected chi connectivity index (χ2v) is 5.67. The zero-order valence-corrected chi connectivity index (χ0v) is 13.4. The normalized spacial score (nSPS) is 16.4. The van der Waals surface area contributed by atoms with E-state index in [1.807, 2.05) is 12.1 Å². The standard InChI is InChI=1S/C17H23FN4/c1-11(12(2)19)10-15(18)17(22(3)20)21-16-9-5-7-13-6-4-8-14(13)16/h5,7,9-10H,4,6,8,19-20H2,1-3H3. The third-order valence-corrected chi connectivity index (χ3v) is 3.86. The van der Waals surface area contributed by atoms with Crippen LogP contribution in [0.25, 0.3) is 0 Å². The highest BCUT2D eigenvalue weighted by molar-refractivity contribution is 5.98. The van der Waals surface area contributed by atoms with E-state index in [0.717, 1.165) is 24.9 Å². The van der Waals surface area contributed by atoms with Crippen molar-refractivity contribution in [3.8, 4) is 0 Å². The Morgan fingerprint density at radius 2 is 2.05 bits per heavy atom. The highest BCUT2D eigenvalue weighted by Gasteiger charge is 2.16. The second-order valence-electron chi connectivity index (χ2n) is 5.67. The molecule has 0 bridgehead atoms. The molecule has 0 fully saturated rings. The SMILES string of the molecule is CC(N)=C(C)C=C(F)C(=Nc1cccc2c1CCC2)N(C)N. The molecule has 1 aromatic carbocycles. The summed E-state index contributed by atoms with van der Waals surface area (Å²) in [5.74, 6) is 5.36. The summed E-state index contributed by atoms with van der Waals surface area (Å²) < 4.78 is 14.5. The van der Waals surface area contributed by atoms with E-state index in [-0.39, 0.29) is 5.84 Å². The highest BCUT2D eigenvalue weighted by Crippen LogP contribution is 2.31. The van der Waals surface area contributed by atoms with Gasteiger partial charge in [-0.1, -0.05) is 12.1 Å². The summed E-state index contributed by atoms with van der Waals surface area (Å²) in [7, 11) is 1.57. The molecule has 0 spiro atoms. The maximum atomic E-state index is 14.5. The van der Waals surface area contributed by atoms with Crippen LogP contribution in [0.2, 0.25) is 0 Å². The lowest BCUT2D eigenvalue weighted by Gasteiger charge is -2.15. The van der Waals surface area contributed by atoms with Gasteiger partial charge in [-0.3, -0.25) is 5.01 Å². The van der Waals surface area contributed by atoms with Crippen molar-refractivity contribution < 1.29 is 4.39 Å². The lowest BCUT2D eigenvalue weighted by Crippen LogP contribution is -2.33. The number of allylic oxidation sites excluding steroid dienone is 3. The van der Waals surface area contributed by atoms with Gasteiger partial charge in [0.15, 0.2) is 11.7 Å². The van der Waals surface area contributed by atoms with Crippen LogP contribution in [0.4, 0.5) is 10.1 Å². The molecule has 0 unspecified atom stereocenters. The molecule has 0 saturated heterocycles. The Hall–Kier alpha value is -2.14. The maximum absolute atomic E-state index is 14.5. The fourth-order valence-corrected chi connectivity index (χ4v) is 2.49. The molecule has 0 aromatic heterocycles. The lowest BCUT2D eigenvalue weighted by atomic mass is 10.1. The Morgan fingerprint density at radius 1 is 1.32 bits per heavy atom. The van der Waals surface area contributed by atoms with Crippen LogP contribution in [-0.2, 0) is 12.8 Å². The quantitative estimate of drug-likeness (QED) is 0.296. The topological polar surface area (TPSA) is 67.6 Å². The summed E-state index contributed by atoms with van der Waals surface area (Å²) in [6.07, 6.45) is 4.50. The Balaban J connectivity index is 2.45. The van der Waals surface area contributed by atoms with Gasteiger partial charge < -0.3 is 5.73 Å². The van der Waals surface area contributed by atoms with Crippen molar-refractivity contribution in [2.24, 2.45) is 16.6 Å². The molecule has 1 aromatic rings. The van der Waals surface area contributed by atoms with Crippen LogP contribution in [0.5, 0.6) is 0 Å². The number of aryl methyl sites for hydroxylation is 1. The molecule has 0 saturated carbocycles. The predicted molar refractivity (Wildman–Crippen MR) is 89.3 cm³/mol. The molecular formula is C17H23FN4. The Kier molecular flexibility index (Phi) is 4.98. The summed E-state index contributed by atoms with van der Waals surface area (Å²) in [6, 6.07) is 5.95. The molecule has 0 amide bonds. The Bertz CT molecular complexity index is 653. The molecule has 5 heteroatoms. The van der Waals surface area contributed by atoms with Crippen molar-refractivity contribution in [2.75, 3.05) is 7.05 Å². The van der Waals surface area contributed by atoms with E-state index in [4.69, 9.17) is 11.6 Å². The number of benzene rings is 1. The first-order valence-electron chi connectivity index (χ1n) is 7.38. The molecule has 0 atom stereocenters. The maximum Gasteiger partial charge on any atom is 0.179 e. The summed E-state index contributed by atoms with van der Waals surface area (Å²) in [6.45, 7) is 3.48. The Morgan fingerprint density at radius 3 is 2.68 bits per heavy atom. The van der Waals surface area contributed by atoms with Gasteiger partial charge in [-0.2, -0.15) is 0 Å². The smallest absolute Gasteiger partial charge is 0.179 e. The summed E-state index contributed by atoms with van der Waals surface area (Å²) >= 11 is 0. The average Bonchev–Trinajstić information content (AvgIpc) is 2.92. The van der Waals surface area contributed by atoms with Gasteiger partial charge in [0.25, 0.3) is 0 Å². The van der Waals surface area contributed by atoms with E-state index in [1.165, 1.54) is 22.2 Å². The molecule has 118 valence electrons. The predicted octanol–water partition coefficient (Wildman–Crippen LogP) is 3.12. The van der Waals surface area contributed by atoms with Gasteiger partial charge in [-0.15, -0.1) is 0 Å². The minimum atomic E-state index is -0.497. The van der Waals surface area contributed by atoms with Crippen molar-refractivity contribution in [1.29, 1.82) is 0 Å². The average molecular weight is 302 g/mol. The zero-order valence-electron chi connectivity index (χ0n) is 13.4. The monoisotopic (exact) mass is 302 g/mol. The summed E-state index contributed by atoms with van der Waals surface area (Å²) in [5.41, 5.74) is 10.2. The minimum Gasteiger partial charge on any atom is -0.402 e. The molecule has 1 aliphatic rings. The molecular weight excluding hydrogens is 279 g/mol. The van der Waals surface area contributed by atoms with Crippen LogP contribution in [0.3, 0.4) is 0 Å². The fourth-order valence-electron chi connectivity index (χ4n) is 2.49. The summed E-state index contributed by atoms with van der Waals surface area (Å²) in [5, 5.41) is 1.19. The van der Waals surface area contributed by atoms with Crippen molar-refractivity contribution in [3.05, 3.63) is 52.5 Å². The number of fused-ring (bicyclic) bond motifs is 1. The number of nitrogens with two attached hydrogens (primary N) is 2. The molecule has 22 heavy (non-hydrogen) atoms. The number of hydrogen-bond acceptors (Lipinski definition) is 3. The van der Waals surface area contributed by atoms with Crippen LogP contribution in [-0.4, -0.2) is 17.9 Å². The number of halogens is 1. The van der Waals surface area contributed by atoms with Crippen molar-refractivity contribution in [3.63, 3.8) is 0 Å². The number of likely N-dealkylation sites (N-methyl/N-ethyl adjacent to an activating group) is 1. The van der Waals surface area contributed by atoms with Crippen LogP contribution in [0, 0.1) is 0 Å².